The zero-order valence-corrected chi connectivity index (χ0v) is 12.9. The minimum Gasteiger partial charge on any atom is -0.349 e. The van der Waals surface area contributed by atoms with Crippen LogP contribution in [-0.4, -0.2) is 23.3 Å². The SMILES string of the molecule is Cc1cccc(CNC(=O)CNC(=O)c2cccc(Cl)c2)n1. The molecule has 2 rings (SSSR count). The van der Waals surface area contributed by atoms with Crippen LogP contribution in [0.4, 0.5) is 0 Å². The second kappa shape index (κ2) is 7.56. The van der Waals surface area contributed by atoms with Crippen LogP contribution in [0.15, 0.2) is 42.5 Å². The normalized spacial score (nSPS) is 10.1. The molecule has 0 saturated carbocycles. The van der Waals surface area contributed by atoms with Crippen LogP contribution in [0.2, 0.25) is 5.02 Å². The third kappa shape index (κ3) is 4.86. The molecule has 0 saturated heterocycles. The first kappa shape index (κ1) is 16.0. The van der Waals surface area contributed by atoms with Crippen molar-refractivity contribution in [2.75, 3.05) is 6.54 Å². The first-order valence-corrected chi connectivity index (χ1v) is 7.15. The lowest BCUT2D eigenvalue weighted by Gasteiger charge is -2.07. The van der Waals surface area contributed by atoms with Crippen molar-refractivity contribution >= 4 is 23.4 Å². The maximum Gasteiger partial charge on any atom is 0.251 e. The number of nitrogens with one attached hydrogen (secondary N) is 2. The van der Waals surface area contributed by atoms with Crippen LogP contribution >= 0.6 is 11.6 Å². The van der Waals surface area contributed by atoms with Crippen molar-refractivity contribution in [3.8, 4) is 0 Å². The van der Waals surface area contributed by atoms with E-state index in [1.807, 2.05) is 25.1 Å². The average Bonchev–Trinajstić information content (AvgIpc) is 2.50. The van der Waals surface area contributed by atoms with Crippen LogP contribution < -0.4 is 10.6 Å². The Kier molecular flexibility index (Phi) is 5.49. The second-order valence-corrected chi connectivity index (χ2v) is 5.18. The van der Waals surface area contributed by atoms with Crippen molar-refractivity contribution in [2.24, 2.45) is 0 Å². The summed E-state index contributed by atoms with van der Waals surface area (Å²) in [5, 5.41) is 5.72. The number of halogens is 1. The molecule has 1 aromatic heterocycles. The molecule has 2 amide bonds. The summed E-state index contributed by atoms with van der Waals surface area (Å²) in [5.41, 5.74) is 2.08. The molecular weight excluding hydrogens is 302 g/mol. The molecule has 2 N–H and O–H groups in total. The van der Waals surface area contributed by atoms with Gasteiger partial charge in [0.25, 0.3) is 5.91 Å². The van der Waals surface area contributed by atoms with E-state index >= 15 is 0 Å². The van der Waals surface area contributed by atoms with Crippen LogP contribution in [0.1, 0.15) is 21.7 Å². The van der Waals surface area contributed by atoms with E-state index in [0.717, 1.165) is 11.4 Å². The lowest BCUT2D eigenvalue weighted by atomic mass is 10.2. The highest BCUT2D eigenvalue weighted by molar-refractivity contribution is 6.30. The second-order valence-electron chi connectivity index (χ2n) is 4.74. The quantitative estimate of drug-likeness (QED) is 0.887. The smallest absolute Gasteiger partial charge is 0.251 e. The van der Waals surface area contributed by atoms with Gasteiger partial charge in [0.05, 0.1) is 18.8 Å². The molecule has 2 aromatic rings. The van der Waals surface area contributed by atoms with Gasteiger partial charge in [0.15, 0.2) is 0 Å². The van der Waals surface area contributed by atoms with Crippen LogP contribution in [0.3, 0.4) is 0 Å². The van der Waals surface area contributed by atoms with Gasteiger partial charge in [0.1, 0.15) is 0 Å². The Balaban J connectivity index is 1.79. The van der Waals surface area contributed by atoms with Crippen molar-refractivity contribution in [3.63, 3.8) is 0 Å². The Morgan fingerprint density at radius 2 is 1.91 bits per heavy atom. The van der Waals surface area contributed by atoms with Gasteiger partial charge >= 0.3 is 0 Å². The zero-order chi connectivity index (χ0) is 15.9. The highest BCUT2D eigenvalue weighted by atomic mass is 35.5. The van der Waals surface area contributed by atoms with Crippen molar-refractivity contribution in [1.29, 1.82) is 0 Å². The summed E-state index contributed by atoms with van der Waals surface area (Å²) in [6.07, 6.45) is 0. The third-order valence-corrected chi connectivity index (χ3v) is 3.14. The fourth-order valence-corrected chi connectivity index (χ4v) is 2.03. The molecule has 0 fully saturated rings. The van der Waals surface area contributed by atoms with E-state index in [4.69, 9.17) is 11.6 Å². The third-order valence-electron chi connectivity index (χ3n) is 2.91. The van der Waals surface area contributed by atoms with Gasteiger partial charge in [-0.25, -0.2) is 0 Å². The molecule has 0 spiro atoms. The summed E-state index contributed by atoms with van der Waals surface area (Å²) < 4.78 is 0. The predicted molar refractivity (Wildman–Crippen MR) is 84.6 cm³/mol. The van der Waals surface area contributed by atoms with Gasteiger partial charge in [0.2, 0.25) is 5.91 Å². The lowest BCUT2D eigenvalue weighted by Crippen LogP contribution is -2.36. The Bertz CT molecular complexity index is 689. The van der Waals surface area contributed by atoms with Crippen LogP contribution in [0.25, 0.3) is 0 Å². The van der Waals surface area contributed by atoms with Gasteiger partial charge in [-0.15, -0.1) is 0 Å². The van der Waals surface area contributed by atoms with Gasteiger partial charge in [-0.2, -0.15) is 0 Å². The molecule has 0 unspecified atom stereocenters. The number of carbonyl (C=O) groups excluding carboxylic acids is 2. The number of amides is 2. The van der Waals surface area contributed by atoms with Gasteiger partial charge < -0.3 is 10.6 Å². The number of hydrogen-bond donors (Lipinski definition) is 2. The van der Waals surface area contributed by atoms with E-state index in [0.29, 0.717) is 17.1 Å². The minimum atomic E-state index is -0.341. The first-order valence-electron chi connectivity index (χ1n) is 6.77. The highest BCUT2D eigenvalue weighted by Gasteiger charge is 2.08. The molecule has 0 atom stereocenters. The summed E-state index contributed by atoms with van der Waals surface area (Å²) in [7, 11) is 0. The van der Waals surface area contributed by atoms with Gasteiger partial charge in [0, 0.05) is 16.3 Å². The van der Waals surface area contributed by atoms with Crippen LogP contribution in [0, 0.1) is 6.92 Å². The standard InChI is InChI=1S/C16H16ClN3O2/c1-11-4-2-7-14(20-11)9-18-15(21)10-19-16(22)12-5-3-6-13(17)8-12/h2-8H,9-10H2,1H3,(H,18,21)(H,19,22). The van der Waals surface area contributed by atoms with Crippen LogP contribution in [-0.2, 0) is 11.3 Å². The Labute approximate surface area is 133 Å². The fourth-order valence-electron chi connectivity index (χ4n) is 1.84. The first-order chi connectivity index (χ1) is 10.5. The summed E-state index contributed by atoms with van der Waals surface area (Å²) in [4.78, 5) is 27.9. The van der Waals surface area contributed by atoms with E-state index in [1.165, 1.54) is 0 Å². The largest absolute Gasteiger partial charge is 0.349 e. The number of benzene rings is 1. The number of pyridine rings is 1. The van der Waals surface area contributed by atoms with Gasteiger partial charge in [-0.1, -0.05) is 23.7 Å². The molecule has 0 radical (unpaired) electrons. The highest BCUT2D eigenvalue weighted by Crippen LogP contribution is 2.10. The number of carbonyl (C=O) groups is 2. The molecule has 1 aromatic carbocycles. The Morgan fingerprint density at radius 3 is 2.64 bits per heavy atom. The molecule has 0 bridgehead atoms. The fraction of sp³-hybridized carbons (Fsp3) is 0.188. The minimum absolute atomic E-state index is 0.100. The van der Waals surface area contributed by atoms with Crippen molar-refractivity contribution in [1.82, 2.24) is 15.6 Å². The van der Waals surface area contributed by atoms with Crippen molar-refractivity contribution in [2.45, 2.75) is 13.5 Å². The Morgan fingerprint density at radius 1 is 1.14 bits per heavy atom. The van der Waals surface area contributed by atoms with E-state index < -0.39 is 0 Å². The summed E-state index contributed by atoms with van der Waals surface area (Å²) in [5.74, 6) is -0.620. The number of aromatic nitrogens is 1. The monoisotopic (exact) mass is 317 g/mol. The Hall–Kier alpha value is -2.40. The lowest BCUT2D eigenvalue weighted by molar-refractivity contribution is -0.120. The molecule has 5 nitrogen and oxygen atoms in total. The molecule has 1 heterocycles. The maximum atomic E-state index is 11.9. The number of hydrogen-bond acceptors (Lipinski definition) is 3. The van der Waals surface area contributed by atoms with Gasteiger partial charge in [-0.05, 0) is 37.3 Å². The zero-order valence-electron chi connectivity index (χ0n) is 12.1. The maximum absolute atomic E-state index is 11.9. The molecule has 0 aliphatic rings. The molecule has 114 valence electrons. The van der Waals surface area contributed by atoms with E-state index in [1.54, 1.807) is 24.3 Å². The summed E-state index contributed by atoms with van der Waals surface area (Å²) in [6, 6.07) is 12.1. The molecule has 22 heavy (non-hydrogen) atoms. The number of rotatable bonds is 5. The van der Waals surface area contributed by atoms with Crippen molar-refractivity contribution in [3.05, 3.63) is 64.4 Å². The van der Waals surface area contributed by atoms with Crippen molar-refractivity contribution < 1.29 is 9.59 Å². The molecular formula is C16H16ClN3O2. The van der Waals surface area contributed by atoms with E-state index in [-0.39, 0.29) is 18.4 Å². The number of nitrogens with zero attached hydrogens (tertiary/aromatic N) is 1. The molecule has 0 aliphatic heterocycles. The molecule has 6 heteroatoms. The van der Waals surface area contributed by atoms with Crippen LogP contribution in [0.5, 0.6) is 0 Å². The summed E-state index contributed by atoms with van der Waals surface area (Å²) >= 11 is 5.82. The summed E-state index contributed by atoms with van der Waals surface area (Å²) in [6.45, 7) is 2.11. The average molecular weight is 318 g/mol. The predicted octanol–water partition coefficient (Wildman–Crippen LogP) is 2.09. The topological polar surface area (TPSA) is 71.1 Å². The van der Waals surface area contributed by atoms with E-state index in [2.05, 4.69) is 15.6 Å². The van der Waals surface area contributed by atoms with Gasteiger partial charge in [-0.3, -0.25) is 14.6 Å². The molecule has 0 aliphatic carbocycles. The van der Waals surface area contributed by atoms with E-state index in [9.17, 15) is 9.59 Å². The number of aryl methyl sites for hydroxylation is 1.